The van der Waals surface area contributed by atoms with Gasteiger partial charge in [-0.2, -0.15) is 0 Å². The lowest BCUT2D eigenvalue weighted by Crippen LogP contribution is -2.14. The molecule has 6 nitrogen and oxygen atoms in total. The van der Waals surface area contributed by atoms with Crippen molar-refractivity contribution in [1.29, 1.82) is 0 Å². The molecule has 0 unspecified atom stereocenters. The Hall–Kier alpha value is -2.19. The highest BCUT2D eigenvalue weighted by molar-refractivity contribution is 7.93. The van der Waals surface area contributed by atoms with E-state index in [1.807, 2.05) is 24.3 Å². The van der Waals surface area contributed by atoms with Gasteiger partial charge < -0.3 is 5.73 Å². The van der Waals surface area contributed by atoms with Gasteiger partial charge in [0.1, 0.15) is 4.90 Å². The molecule has 0 aliphatic rings. The van der Waals surface area contributed by atoms with E-state index in [1.54, 1.807) is 0 Å². The number of rotatable bonds is 3. The van der Waals surface area contributed by atoms with Gasteiger partial charge in [-0.1, -0.05) is 23.5 Å². The van der Waals surface area contributed by atoms with Crippen molar-refractivity contribution in [2.45, 2.75) is 4.90 Å². The van der Waals surface area contributed by atoms with Gasteiger partial charge in [-0.05, 0) is 18.2 Å². The first-order chi connectivity index (χ1) is 9.56. The lowest BCUT2D eigenvalue weighted by Gasteiger charge is -2.06. The zero-order chi connectivity index (χ0) is 14.2. The predicted molar refractivity (Wildman–Crippen MR) is 79.1 cm³/mol. The highest BCUT2D eigenvalue weighted by Gasteiger charge is 2.19. The first-order valence-corrected chi connectivity index (χ1v) is 7.94. The molecule has 0 fully saturated rings. The molecule has 0 spiro atoms. The number of sulfonamides is 1. The van der Waals surface area contributed by atoms with E-state index in [-0.39, 0.29) is 10.6 Å². The van der Waals surface area contributed by atoms with Crippen LogP contribution in [0.3, 0.4) is 0 Å². The third-order valence-electron chi connectivity index (χ3n) is 2.62. The number of anilines is 2. The van der Waals surface area contributed by atoms with E-state index in [0.29, 0.717) is 5.13 Å². The van der Waals surface area contributed by atoms with Crippen molar-refractivity contribution in [3.8, 4) is 0 Å². The molecule has 102 valence electrons. The van der Waals surface area contributed by atoms with Gasteiger partial charge in [-0.15, -0.1) is 0 Å². The number of thiazole rings is 1. The number of hydrogen-bond acceptors (Lipinski definition) is 6. The van der Waals surface area contributed by atoms with E-state index < -0.39 is 10.0 Å². The Morgan fingerprint density at radius 3 is 2.75 bits per heavy atom. The summed E-state index contributed by atoms with van der Waals surface area (Å²) >= 11 is 1.26. The number of fused-ring (bicyclic) bond motifs is 1. The molecule has 20 heavy (non-hydrogen) atoms. The number of nitrogens with one attached hydrogen (secondary N) is 1. The average molecular weight is 306 g/mol. The smallest absolute Gasteiger partial charge is 0.267 e. The third kappa shape index (κ3) is 2.30. The molecule has 3 N–H and O–H groups in total. The predicted octanol–water partition coefficient (Wildman–Crippen LogP) is 2.07. The second-order valence-electron chi connectivity index (χ2n) is 4.01. The molecule has 0 bridgehead atoms. The molecule has 2 heterocycles. The van der Waals surface area contributed by atoms with Crippen LogP contribution in [0.15, 0.2) is 47.6 Å². The Balaban J connectivity index is 1.99. The average Bonchev–Trinajstić information content (AvgIpc) is 2.80. The first kappa shape index (κ1) is 12.8. The lowest BCUT2D eigenvalue weighted by atomic mass is 10.3. The lowest BCUT2D eigenvalue weighted by molar-refractivity contribution is 0.601. The molecular formula is C12H10N4O2S2. The van der Waals surface area contributed by atoms with Gasteiger partial charge in [0, 0.05) is 12.4 Å². The summed E-state index contributed by atoms with van der Waals surface area (Å²) in [6.45, 7) is 0. The number of hydrogen-bond donors (Lipinski definition) is 2. The molecule has 0 radical (unpaired) electrons. The van der Waals surface area contributed by atoms with Gasteiger partial charge in [0.15, 0.2) is 5.13 Å². The maximum absolute atomic E-state index is 12.2. The standard InChI is InChI=1S/C12H10N4O2S2/c13-8-5-6-14-7-11(8)20(17,18)16-12-15-9-3-1-2-4-10(9)19-12/h1-7H,(H2,13,14)(H,15,16). The van der Waals surface area contributed by atoms with E-state index in [9.17, 15) is 8.42 Å². The highest BCUT2D eigenvalue weighted by atomic mass is 32.2. The number of nitrogen functional groups attached to an aromatic ring is 1. The molecule has 1 aromatic carbocycles. The monoisotopic (exact) mass is 306 g/mol. The number of para-hydroxylation sites is 1. The number of nitrogens with zero attached hydrogens (tertiary/aromatic N) is 2. The number of nitrogens with two attached hydrogens (primary N) is 1. The summed E-state index contributed by atoms with van der Waals surface area (Å²) in [6, 6.07) is 8.86. The topological polar surface area (TPSA) is 98.0 Å². The summed E-state index contributed by atoms with van der Waals surface area (Å²) < 4.78 is 27.8. The zero-order valence-corrected chi connectivity index (χ0v) is 11.8. The Bertz CT molecular complexity index is 841. The molecule has 8 heteroatoms. The van der Waals surface area contributed by atoms with Crippen LogP contribution in [0.25, 0.3) is 10.2 Å². The fraction of sp³-hybridized carbons (Fsp3) is 0. The Morgan fingerprint density at radius 2 is 2.00 bits per heavy atom. The Morgan fingerprint density at radius 1 is 1.20 bits per heavy atom. The third-order valence-corrected chi connectivity index (χ3v) is 5.08. The van der Waals surface area contributed by atoms with Crippen LogP contribution in [0.2, 0.25) is 0 Å². The highest BCUT2D eigenvalue weighted by Crippen LogP contribution is 2.28. The quantitative estimate of drug-likeness (QED) is 0.772. The zero-order valence-electron chi connectivity index (χ0n) is 10.1. The summed E-state index contributed by atoms with van der Waals surface area (Å²) in [5.41, 5.74) is 6.55. The minimum atomic E-state index is -3.78. The number of pyridine rings is 1. The molecule has 0 aliphatic heterocycles. The molecule has 3 aromatic rings. The van der Waals surface area contributed by atoms with E-state index in [1.165, 1.54) is 29.8 Å². The summed E-state index contributed by atoms with van der Waals surface area (Å²) in [6.07, 6.45) is 2.65. The summed E-state index contributed by atoms with van der Waals surface area (Å²) in [5, 5.41) is 0.300. The largest absolute Gasteiger partial charge is 0.398 e. The minimum Gasteiger partial charge on any atom is -0.398 e. The van der Waals surface area contributed by atoms with E-state index in [0.717, 1.165) is 10.2 Å². The SMILES string of the molecule is Nc1ccncc1S(=O)(=O)Nc1nc2ccccc2s1. The summed E-state index contributed by atoms with van der Waals surface area (Å²) in [7, 11) is -3.78. The summed E-state index contributed by atoms with van der Waals surface area (Å²) in [5.74, 6) is 0. The second-order valence-corrected chi connectivity index (χ2v) is 6.69. The molecule has 0 saturated carbocycles. The van der Waals surface area contributed by atoms with E-state index in [4.69, 9.17) is 5.73 Å². The van der Waals surface area contributed by atoms with E-state index >= 15 is 0 Å². The van der Waals surface area contributed by atoms with Gasteiger partial charge in [-0.25, -0.2) is 13.4 Å². The normalized spacial score (nSPS) is 11.6. The fourth-order valence-electron chi connectivity index (χ4n) is 1.70. The van der Waals surface area contributed by atoms with Crippen molar-refractivity contribution in [3.63, 3.8) is 0 Å². The van der Waals surface area contributed by atoms with E-state index in [2.05, 4.69) is 14.7 Å². The van der Waals surface area contributed by atoms with Gasteiger partial charge in [0.2, 0.25) is 0 Å². The van der Waals surface area contributed by atoms with Crippen LogP contribution in [0, 0.1) is 0 Å². The Labute approximate surface area is 119 Å². The molecule has 0 amide bonds. The van der Waals surface area contributed by atoms with Crippen LogP contribution >= 0.6 is 11.3 Å². The Kier molecular flexibility index (Phi) is 3.03. The maximum Gasteiger partial charge on any atom is 0.267 e. The second kappa shape index (κ2) is 4.73. The van der Waals surface area contributed by atoms with Crippen molar-refractivity contribution in [2.24, 2.45) is 0 Å². The minimum absolute atomic E-state index is 0.0562. The summed E-state index contributed by atoms with van der Waals surface area (Å²) in [4.78, 5) is 7.94. The van der Waals surface area contributed by atoms with Gasteiger partial charge >= 0.3 is 0 Å². The molecule has 0 saturated heterocycles. The number of benzene rings is 1. The van der Waals surface area contributed by atoms with Gasteiger partial charge in [-0.3, -0.25) is 9.71 Å². The van der Waals surface area contributed by atoms with Crippen LogP contribution in [0.1, 0.15) is 0 Å². The van der Waals surface area contributed by atoms with Crippen molar-refractivity contribution >= 4 is 42.4 Å². The van der Waals surface area contributed by atoms with Crippen LogP contribution in [-0.4, -0.2) is 18.4 Å². The van der Waals surface area contributed by atoms with Crippen LogP contribution in [0.4, 0.5) is 10.8 Å². The molecule has 3 rings (SSSR count). The van der Waals surface area contributed by atoms with Crippen LogP contribution in [0.5, 0.6) is 0 Å². The van der Waals surface area contributed by atoms with Crippen molar-refractivity contribution in [2.75, 3.05) is 10.5 Å². The molecule has 0 aliphatic carbocycles. The maximum atomic E-state index is 12.2. The number of aromatic nitrogens is 2. The molecule has 2 aromatic heterocycles. The van der Waals surface area contributed by atoms with Crippen molar-refractivity contribution in [1.82, 2.24) is 9.97 Å². The van der Waals surface area contributed by atoms with Crippen molar-refractivity contribution in [3.05, 3.63) is 42.7 Å². The van der Waals surface area contributed by atoms with Crippen LogP contribution in [-0.2, 0) is 10.0 Å². The molecule has 0 atom stereocenters. The van der Waals surface area contributed by atoms with Gasteiger partial charge in [0.05, 0.1) is 15.9 Å². The fourth-order valence-corrected chi connectivity index (χ4v) is 3.88. The van der Waals surface area contributed by atoms with Crippen molar-refractivity contribution < 1.29 is 8.42 Å². The van der Waals surface area contributed by atoms with Crippen LogP contribution < -0.4 is 10.5 Å². The first-order valence-electron chi connectivity index (χ1n) is 5.64. The molecular weight excluding hydrogens is 296 g/mol. The van der Waals surface area contributed by atoms with Gasteiger partial charge in [0.25, 0.3) is 10.0 Å².